The van der Waals surface area contributed by atoms with E-state index < -0.39 is 11.5 Å². The molecule has 1 aromatic rings. The van der Waals surface area contributed by atoms with Crippen molar-refractivity contribution in [2.75, 3.05) is 5.43 Å². The Balaban J connectivity index is 2.54. The zero-order chi connectivity index (χ0) is 12.9. The summed E-state index contributed by atoms with van der Waals surface area (Å²) in [4.78, 5) is 15.6. The van der Waals surface area contributed by atoms with Crippen molar-refractivity contribution in [3.05, 3.63) is 23.4 Å². The molecule has 1 amide bonds. The van der Waals surface area contributed by atoms with Gasteiger partial charge in [-0.25, -0.2) is 4.98 Å². The Morgan fingerprint density at radius 1 is 1.65 bits per heavy atom. The summed E-state index contributed by atoms with van der Waals surface area (Å²) in [5.74, 6) is -0.0840. The number of nitrogens with zero attached hydrogens (tertiary/aromatic N) is 1. The summed E-state index contributed by atoms with van der Waals surface area (Å²) in [6.07, 6.45) is 2.63. The van der Waals surface area contributed by atoms with E-state index in [9.17, 15) is 9.90 Å². The molecule has 0 saturated carbocycles. The SMILES string of the molecule is CCCC(C)(O)C(=O)NNc1cc(Cl)ccn1. The first-order valence-corrected chi connectivity index (χ1v) is 5.74. The van der Waals surface area contributed by atoms with Crippen LogP contribution in [0.5, 0.6) is 0 Å². The number of carbonyl (C=O) groups excluding carboxylic acids is 1. The second-order valence-corrected chi connectivity index (χ2v) is 4.40. The van der Waals surface area contributed by atoms with Gasteiger partial charge in [0.05, 0.1) is 0 Å². The van der Waals surface area contributed by atoms with E-state index in [4.69, 9.17) is 11.6 Å². The fourth-order valence-electron chi connectivity index (χ4n) is 1.33. The maximum absolute atomic E-state index is 11.6. The zero-order valence-electron chi connectivity index (χ0n) is 9.83. The van der Waals surface area contributed by atoms with Crippen LogP contribution in [0, 0.1) is 0 Å². The van der Waals surface area contributed by atoms with Crippen molar-refractivity contribution in [2.24, 2.45) is 0 Å². The molecule has 1 unspecified atom stereocenters. The van der Waals surface area contributed by atoms with Gasteiger partial charge in [0.25, 0.3) is 5.91 Å². The van der Waals surface area contributed by atoms with Crippen LogP contribution in [0.15, 0.2) is 18.3 Å². The lowest BCUT2D eigenvalue weighted by Crippen LogP contribution is -2.46. The van der Waals surface area contributed by atoms with Crippen molar-refractivity contribution in [3.8, 4) is 0 Å². The van der Waals surface area contributed by atoms with Gasteiger partial charge >= 0.3 is 0 Å². The highest BCUT2D eigenvalue weighted by atomic mass is 35.5. The summed E-state index contributed by atoms with van der Waals surface area (Å²) < 4.78 is 0. The summed E-state index contributed by atoms with van der Waals surface area (Å²) in [6, 6.07) is 3.19. The zero-order valence-corrected chi connectivity index (χ0v) is 10.6. The number of aliphatic hydroxyl groups is 1. The van der Waals surface area contributed by atoms with Crippen LogP contribution in [-0.2, 0) is 4.79 Å². The van der Waals surface area contributed by atoms with Crippen molar-refractivity contribution < 1.29 is 9.90 Å². The third-order valence-corrected chi connectivity index (χ3v) is 2.49. The summed E-state index contributed by atoms with van der Waals surface area (Å²) in [7, 11) is 0. The van der Waals surface area contributed by atoms with E-state index in [1.165, 1.54) is 13.1 Å². The van der Waals surface area contributed by atoms with Crippen molar-refractivity contribution >= 4 is 23.3 Å². The van der Waals surface area contributed by atoms with Gasteiger partial charge in [-0.2, -0.15) is 0 Å². The molecule has 3 N–H and O–H groups in total. The Morgan fingerprint density at radius 3 is 2.94 bits per heavy atom. The highest BCUT2D eigenvalue weighted by Gasteiger charge is 2.28. The molecule has 0 bridgehead atoms. The quantitative estimate of drug-likeness (QED) is 0.703. The van der Waals surface area contributed by atoms with Gasteiger partial charge in [0, 0.05) is 17.3 Å². The summed E-state index contributed by atoms with van der Waals surface area (Å²) in [5.41, 5.74) is 3.60. The molecule has 0 saturated heterocycles. The minimum atomic E-state index is -1.39. The molecule has 1 heterocycles. The Kier molecular flexibility index (Phi) is 4.72. The van der Waals surface area contributed by atoms with E-state index in [-0.39, 0.29) is 0 Å². The standard InChI is InChI=1S/C11H16ClN3O2/c1-3-5-11(2,17)10(16)15-14-9-7-8(12)4-6-13-9/h4,6-7,17H,3,5H2,1-2H3,(H,13,14)(H,15,16). The number of hydrazine groups is 1. The minimum absolute atomic E-state index is 0.392. The molecular weight excluding hydrogens is 242 g/mol. The van der Waals surface area contributed by atoms with E-state index in [1.54, 1.807) is 12.1 Å². The maximum Gasteiger partial charge on any atom is 0.269 e. The maximum atomic E-state index is 11.6. The normalized spacial score (nSPS) is 13.9. The number of anilines is 1. The molecule has 1 aromatic heterocycles. The number of pyridine rings is 1. The number of amides is 1. The summed E-state index contributed by atoms with van der Waals surface area (Å²) in [6.45, 7) is 3.37. The molecule has 1 atom stereocenters. The van der Waals surface area contributed by atoms with Gasteiger partial charge in [0.1, 0.15) is 11.4 Å². The third kappa shape index (κ3) is 4.20. The van der Waals surface area contributed by atoms with Gasteiger partial charge < -0.3 is 5.11 Å². The van der Waals surface area contributed by atoms with Crippen LogP contribution in [0.2, 0.25) is 5.02 Å². The molecule has 94 valence electrons. The second-order valence-electron chi connectivity index (χ2n) is 3.96. The molecule has 0 aliphatic rings. The first-order chi connectivity index (χ1) is 7.95. The predicted molar refractivity (Wildman–Crippen MR) is 66.5 cm³/mol. The highest BCUT2D eigenvalue weighted by molar-refractivity contribution is 6.30. The van der Waals surface area contributed by atoms with Crippen LogP contribution in [-0.4, -0.2) is 21.6 Å². The van der Waals surface area contributed by atoms with Crippen molar-refractivity contribution in [1.29, 1.82) is 0 Å². The van der Waals surface area contributed by atoms with E-state index in [2.05, 4.69) is 15.8 Å². The second kappa shape index (κ2) is 5.84. The topological polar surface area (TPSA) is 74.2 Å². The molecule has 0 aliphatic carbocycles. The Labute approximate surface area is 105 Å². The lowest BCUT2D eigenvalue weighted by atomic mass is 10.0. The van der Waals surface area contributed by atoms with Crippen LogP contribution in [0.25, 0.3) is 0 Å². The van der Waals surface area contributed by atoms with Gasteiger partial charge in [0.15, 0.2) is 0 Å². The minimum Gasteiger partial charge on any atom is -0.380 e. The largest absolute Gasteiger partial charge is 0.380 e. The number of carbonyl (C=O) groups is 1. The first-order valence-electron chi connectivity index (χ1n) is 5.36. The van der Waals surface area contributed by atoms with E-state index >= 15 is 0 Å². The van der Waals surface area contributed by atoms with Crippen LogP contribution in [0.4, 0.5) is 5.82 Å². The van der Waals surface area contributed by atoms with Crippen LogP contribution < -0.4 is 10.9 Å². The van der Waals surface area contributed by atoms with Crippen molar-refractivity contribution in [1.82, 2.24) is 10.4 Å². The Morgan fingerprint density at radius 2 is 2.35 bits per heavy atom. The molecule has 0 aromatic carbocycles. The monoisotopic (exact) mass is 257 g/mol. The highest BCUT2D eigenvalue weighted by Crippen LogP contribution is 2.13. The first kappa shape index (κ1) is 13.7. The molecule has 0 radical (unpaired) electrons. The number of hydrogen-bond acceptors (Lipinski definition) is 4. The lowest BCUT2D eigenvalue weighted by Gasteiger charge is -2.21. The summed E-state index contributed by atoms with van der Waals surface area (Å²) >= 11 is 5.76. The lowest BCUT2D eigenvalue weighted by molar-refractivity contribution is -0.138. The molecular formula is C11H16ClN3O2. The molecule has 0 aliphatic heterocycles. The average molecular weight is 258 g/mol. The van der Waals surface area contributed by atoms with Gasteiger partial charge in [-0.05, 0) is 19.4 Å². The Bertz CT molecular complexity index is 396. The number of aromatic nitrogens is 1. The fraction of sp³-hybridized carbons (Fsp3) is 0.455. The Hall–Kier alpha value is -1.33. The summed E-state index contributed by atoms with van der Waals surface area (Å²) in [5, 5.41) is 10.3. The van der Waals surface area contributed by atoms with Gasteiger partial charge in [0.2, 0.25) is 0 Å². The van der Waals surface area contributed by atoms with Gasteiger partial charge in [-0.3, -0.25) is 15.6 Å². The van der Waals surface area contributed by atoms with Gasteiger partial charge in [-0.15, -0.1) is 0 Å². The molecule has 17 heavy (non-hydrogen) atoms. The van der Waals surface area contributed by atoms with Crippen molar-refractivity contribution in [3.63, 3.8) is 0 Å². The molecule has 5 nitrogen and oxygen atoms in total. The smallest absolute Gasteiger partial charge is 0.269 e. The number of hydrogen-bond donors (Lipinski definition) is 3. The van der Waals surface area contributed by atoms with E-state index in [1.807, 2.05) is 6.92 Å². The molecule has 0 spiro atoms. The van der Waals surface area contributed by atoms with E-state index in [0.29, 0.717) is 17.3 Å². The number of rotatable bonds is 5. The van der Waals surface area contributed by atoms with Crippen LogP contribution in [0.1, 0.15) is 26.7 Å². The van der Waals surface area contributed by atoms with Crippen LogP contribution >= 0.6 is 11.6 Å². The molecule has 0 fully saturated rings. The molecule has 1 rings (SSSR count). The van der Waals surface area contributed by atoms with E-state index in [0.717, 1.165) is 6.42 Å². The van der Waals surface area contributed by atoms with Crippen LogP contribution in [0.3, 0.4) is 0 Å². The fourth-order valence-corrected chi connectivity index (χ4v) is 1.49. The van der Waals surface area contributed by atoms with Gasteiger partial charge in [-0.1, -0.05) is 24.9 Å². The number of nitrogens with one attached hydrogen (secondary N) is 2. The molecule has 6 heteroatoms. The van der Waals surface area contributed by atoms with Crippen molar-refractivity contribution in [2.45, 2.75) is 32.3 Å². The average Bonchev–Trinajstić information content (AvgIpc) is 2.26. The third-order valence-electron chi connectivity index (χ3n) is 2.25. The number of halogens is 1. The predicted octanol–water partition coefficient (Wildman–Crippen LogP) is 1.73.